The molecule has 7 heteroatoms. The summed E-state index contributed by atoms with van der Waals surface area (Å²) in [5, 5.41) is 4.27. The van der Waals surface area contributed by atoms with Gasteiger partial charge in [-0.15, -0.1) is 0 Å². The zero-order valence-corrected chi connectivity index (χ0v) is 16.3. The number of nitrogens with zero attached hydrogens (tertiary/aromatic N) is 2. The number of amides is 1. The van der Waals surface area contributed by atoms with Gasteiger partial charge >= 0.3 is 0 Å². The van der Waals surface area contributed by atoms with Gasteiger partial charge in [0.05, 0.1) is 17.2 Å². The van der Waals surface area contributed by atoms with Crippen LogP contribution in [0.25, 0.3) is 10.9 Å². The molecule has 1 N–H and O–H groups in total. The Morgan fingerprint density at radius 1 is 1.27 bits per heavy atom. The van der Waals surface area contributed by atoms with E-state index in [4.69, 9.17) is 0 Å². The molecule has 1 aliphatic heterocycles. The van der Waals surface area contributed by atoms with Crippen molar-refractivity contribution >= 4 is 44.1 Å². The average molecular weight is 390 g/mol. The second-order valence-electron chi connectivity index (χ2n) is 7.04. The molecule has 26 heavy (non-hydrogen) atoms. The van der Waals surface area contributed by atoms with Gasteiger partial charge in [-0.3, -0.25) is 14.2 Å². The van der Waals surface area contributed by atoms with Gasteiger partial charge in [0.25, 0.3) is 5.56 Å². The van der Waals surface area contributed by atoms with Crippen LogP contribution >= 0.6 is 21.6 Å². The highest BCUT2D eigenvalue weighted by molar-refractivity contribution is 8.77. The quantitative estimate of drug-likeness (QED) is 0.562. The molecule has 1 saturated carbocycles. The minimum Gasteiger partial charge on any atom is -0.326 e. The number of unbranched alkanes of at least 4 members (excludes halogenated alkanes) is 1. The monoisotopic (exact) mass is 389 g/mol. The van der Waals surface area contributed by atoms with Crippen molar-refractivity contribution in [3.8, 4) is 0 Å². The number of nitrogens with one attached hydrogen (secondary N) is 1. The summed E-state index contributed by atoms with van der Waals surface area (Å²) < 4.78 is 1.72. The summed E-state index contributed by atoms with van der Waals surface area (Å²) in [7, 11) is 3.95. The standard InChI is InChI=1S/C19H23N3O2S2/c23-18(4-2-1-3-15-9-10-25-26-15)21-13-5-8-17-16(11-13)19(24)22(12-20-17)14-6-7-14/h5,8,11-12,14-15H,1-4,6-7,9-10H2,(H,21,23)/t15-/m0/s1. The first-order valence-electron chi connectivity index (χ1n) is 9.30. The summed E-state index contributed by atoms with van der Waals surface area (Å²) in [6.45, 7) is 0. The van der Waals surface area contributed by atoms with E-state index in [1.165, 1.54) is 18.6 Å². The van der Waals surface area contributed by atoms with E-state index in [0.29, 0.717) is 29.1 Å². The van der Waals surface area contributed by atoms with E-state index in [1.807, 2.05) is 27.7 Å². The molecule has 2 heterocycles. The molecule has 2 aromatic rings. The lowest BCUT2D eigenvalue weighted by Crippen LogP contribution is -2.20. The first-order chi connectivity index (χ1) is 12.7. The third kappa shape index (κ3) is 4.26. The molecule has 0 spiro atoms. The lowest BCUT2D eigenvalue weighted by atomic mass is 10.1. The molecule has 2 fully saturated rings. The number of carbonyl (C=O) groups excluding carboxylic acids is 1. The van der Waals surface area contributed by atoms with Gasteiger partial charge < -0.3 is 5.32 Å². The fraction of sp³-hybridized carbons (Fsp3) is 0.526. The van der Waals surface area contributed by atoms with Crippen LogP contribution in [0.3, 0.4) is 0 Å². The maximum Gasteiger partial charge on any atom is 0.261 e. The molecule has 2 aliphatic rings. The van der Waals surface area contributed by atoms with Crippen molar-refractivity contribution in [1.29, 1.82) is 0 Å². The number of benzene rings is 1. The highest BCUT2D eigenvalue weighted by Gasteiger charge is 2.25. The maximum atomic E-state index is 12.6. The Labute approximate surface area is 160 Å². The van der Waals surface area contributed by atoms with Crippen LogP contribution < -0.4 is 10.9 Å². The average Bonchev–Trinajstić information content (AvgIpc) is 3.35. The van der Waals surface area contributed by atoms with Gasteiger partial charge in [0.1, 0.15) is 0 Å². The second-order valence-corrected chi connectivity index (χ2v) is 9.83. The van der Waals surface area contributed by atoms with Gasteiger partial charge in [-0.25, -0.2) is 4.98 Å². The van der Waals surface area contributed by atoms with Crippen molar-refractivity contribution in [2.24, 2.45) is 0 Å². The summed E-state index contributed by atoms with van der Waals surface area (Å²) in [5.41, 5.74) is 1.34. The molecule has 1 aliphatic carbocycles. The number of carbonyl (C=O) groups is 1. The van der Waals surface area contributed by atoms with E-state index in [2.05, 4.69) is 10.3 Å². The first-order valence-corrected chi connectivity index (χ1v) is 11.7. The Hall–Kier alpha value is -1.47. The Morgan fingerprint density at radius 2 is 2.15 bits per heavy atom. The van der Waals surface area contributed by atoms with Crippen LogP contribution in [0.2, 0.25) is 0 Å². The Kier molecular flexibility index (Phi) is 5.55. The van der Waals surface area contributed by atoms with Crippen LogP contribution in [0.15, 0.2) is 29.3 Å². The van der Waals surface area contributed by atoms with Gasteiger partial charge in [0.15, 0.2) is 0 Å². The molecule has 0 unspecified atom stereocenters. The summed E-state index contributed by atoms with van der Waals surface area (Å²) in [6, 6.07) is 5.68. The van der Waals surface area contributed by atoms with Crippen molar-refractivity contribution in [2.75, 3.05) is 11.1 Å². The molecule has 0 bridgehead atoms. The van der Waals surface area contributed by atoms with E-state index in [9.17, 15) is 9.59 Å². The zero-order chi connectivity index (χ0) is 17.9. The number of anilines is 1. The molecule has 4 rings (SSSR count). The van der Waals surface area contributed by atoms with Gasteiger partial charge in [-0.2, -0.15) is 0 Å². The molecule has 0 radical (unpaired) electrons. The fourth-order valence-electron chi connectivity index (χ4n) is 3.27. The van der Waals surface area contributed by atoms with Crippen LogP contribution in [0.4, 0.5) is 5.69 Å². The van der Waals surface area contributed by atoms with Crippen molar-refractivity contribution in [3.05, 3.63) is 34.9 Å². The summed E-state index contributed by atoms with van der Waals surface area (Å²) in [5.74, 6) is 1.28. The molecule has 1 saturated heterocycles. The lowest BCUT2D eigenvalue weighted by molar-refractivity contribution is -0.116. The van der Waals surface area contributed by atoms with Crippen molar-refractivity contribution in [3.63, 3.8) is 0 Å². The maximum absolute atomic E-state index is 12.6. The van der Waals surface area contributed by atoms with Crippen molar-refractivity contribution < 1.29 is 4.79 Å². The SMILES string of the molecule is O=C(CCCC[C@H]1CCSS1)Nc1ccc2ncn(C3CC3)c(=O)c2c1. The molecule has 1 amide bonds. The topological polar surface area (TPSA) is 64.0 Å². The normalized spacial score (nSPS) is 19.8. The summed E-state index contributed by atoms with van der Waals surface area (Å²) >= 11 is 0. The number of fused-ring (bicyclic) bond motifs is 1. The Bertz CT molecular complexity index is 857. The Balaban J connectivity index is 1.34. The second kappa shape index (κ2) is 8.05. The van der Waals surface area contributed by atoms with Crippen molar-refractivity contribution in [2.45, 2.75) is 56.2 Å². The smallest absolute Gasteiger partial charge is 0.261 e. The predicted octanol–water partition coefficient (Wildman–Crippen LogP) is 4.38. The van der Waals surface area contributed by atoms with E-state index >= 15 is 0 Å². The van der Waals surface area contributed by atoms with Crippen LogP contribution in [0, 0.1) is 0 Å². The molecule has 5 nitrogen and oxygen atoms in total. The molecule has 138 valence electrons. The summed E-state index contributed by atoms with van der Waals surface area (Å²) in [4.78, 5) is 29.2. The van der Waals surface area contributed by atoms with Crippen LogP contribution in [0.5, 0.6) is 0 Å². The number of hydrogen-bond acceptors (Lipinski definition) is 5. The van der Waals surface area contributed by atoms with Crippen LogP contribution in [-0.4, -0.2) is 26.5 Å². The molecular formula is C19H23N3O2S2. The number of aromatic nitrogens is 2. The minimum atomic E-state index is -0.0134. The minimum absolute atomic E-state index is 0.0134. The Morgan fingerprint density at radius 3 is 2.92 bits per heavy atom. The molecule has 1 aromatic carbocycles. The fourth-order valence-corrected chi connectivity index (χ4v) is 6.30. The van der Waals surface area contributed by atoms with E-state index in [1.54, 1.807) is 23.0 Å². The third-order valence-electron chi connectivity index (χ3n) is 4.91. The molecule has 1 aromatic heterocycles. The highest BCUT2D eigenvalue weighted by atomic mass is 33.1. The largest absolute Gasteiger partial charge is 0.326 e. The van der Waals surface area contributed by atoms with E-state index in [0.717, 1.165) is 30.9 Å². The summed E-state index contributed by atoms with van der Waals surface area (Å²) in [6.07, 6.45) is 8.77. The first kappa shape index (κ1) is 17.9. The predicted molar refractivity (Wildman–Crippen MR) is 110 cm³/mol. The van der Waals surface area contributed by atoms with Crippen LogP contribution in [-0.2, 0) is 4.79 Å². The lowest BCUT2D eigenvalue weighted by Gasteiger charge is -2.09. The van der Waals surface area contributed by atoms with Gasteiger partial charge in [-0.1, -0.05) is 28.0 Å². The van der Waals surface area contributed by atoms with E-state index < -0.39 is 0 Å². The van der Waals surface area contributed by atoms with Gasteiger partial charge in [-0.05, 0) is 50.3 Å². The number of rotatable bonds is 7. The van der Waals surface area contributed by atoms with Gasteiger partial charge in [0, 0.05) is 29.2 Å². The van der Waals surface area contributed by atoms with Crippen molar-refractivity contribution in [1.82, 2.24) is 9.55 Å². The molecular weight excluding hydrogens is 366 g/mol. The zero-order valence-electron chi connectivity index (χ0n) is 14.6. The van der Waals surface area contributed by atoms with Gasteiger partial charge in [0.2, 0.25) is 5.91 Å². The molecule has 1 atom stereocenters. The van der Waals surface area contributed by atoms with E-state index in [-0.39, 0.29) is 11.5 Å². The highest BCUT2D eigenvalue weighted by Crippen LogP contribution is 2.39. The third-order valence-corrected chi connectivity index (χ3v) is 7.92. The van der Waals surface area contributed by atoms with Crippen LogP contribution in [0.1, 0.15) is 51.0 Å². The number of hydrogen-bond donors (Lipinski definition) is 1.